The van der Waals surface area contributed by atoms with Crippen LogP contribution in [0.15, 0.2) is 30.3 Å². The lowest BCUT2D eigenvalue weighted by Crippen LogP contribution is -2.31. The molecule has 0 spiro atoms. The summed E-state index contributed by atoms with van der Waals surface area (Å²) in [4.78, 5) is 2.27. The zero-order chi connectivity index (χ0) is 14.7. The van der Waals surface area contributed by atoms with Gasteiger partial charge in [-0.15, -0.1) is 0 Å². The number of hydrogen-bond acceptors (Lipinski definition) is 3. The predicted octanol–water partition coefficient (Wildman–Crippen LogP) is 2.87. The van der Waals surface area contributed by atoms with Crippen LogP contribution in [0, 0.1) is 6.92 Å². The summed E-state index contributed by atoms with van der Waals surface area (Å²) in [6.07, 6.45) is 1.08. The summed E-state index contributed by atoms with van der Waals surface area (Å²) in [6.45, 7) is 6.95. The fraction of sp³-hybridized carbons (Fsp3) is 0.438. The standard InChI is InChI=1S/C16H24N4/c1-5-12(2)19(4)16-15(11-17)13(3)18-20(16)14-9-7-6-8-10-14/h6-10,12H,5,11,17H2,1-4H3. The highest BCUT2D eigenvalue weighted by Gasteiger charge is 2.21. The number of benzene rings is 1. The average molecular weight is 272 g/mol. The molecule has 0 bridgehead atoms. The van der Waals surface area contributed by atoms with Crippen molar-refractivity contribution < 1.29 is 0 Å². The number of nitrogens with two attached hydrogens (primary N) is 1. The molecule has 1 atom stereocenters. The Morgan fingerprint density at radius 3 is 2.50 bits per heavy atom. The van der Waals surface area contributed by atoms with E-state index in [0.717, 1.165) is 29.2 Å². The van der Waals surface area contributed by atoms with Gasteiger partial charge in [0.05, 0.1) is 11.4 Å². The molecule has 2 aromatic rings. The average Bonchev–Trinajstić information content (AvgIpc) is 2.83. The van der Waals surface area contributed by atoms with Gasteiger partial charge in [-0.1, -0.05) is 25.1 Å². The van der Waals surface area contributed by atoms with Gasteiger partial charge < -0.3 is 10.6 Å². The molecule has 4 heteroatoms. The topological polar surface area (TPSA) is 47.1 Å². The zero-order valence-corrected chi connectivity index (χ0v) is 12.8. The van der Waals surface area contributed by atoms with E-state index in [1.165, 1.54) is 0 Å². The maximum atomic E-state index is 5.94. The third kappa shape index (κ3) is 2.56. The van der Waals surface area contributed by atoms with E-state index in [-0.39, 0.29) is 0 Å². The molecule has 0 radical (unpaired) electrons. The number of aromatic nitrogens is 2. The van der Waals surface area contributed by atoms with Crippen LogP contribution in [0.3, 0.4) is 0 Å². The highest BCUT2D eigenvalue weighted by atomic mass is 15.4. The van der Waals surface area contributed by atoms with Gasteiger partial charge >= 0.3 is 0 Å². The molecule has 1 heterocycles. The van der Waals surface area contributed by atoms with Gasteiger partial charge in [-0.2, -0.15) is 5.10 Å². The van der Waals surface area contributed by atoms with E-state index in [1.807, 2.05) is 29.8 Å². The molecule has 0 saturated heterocycles. The number of para-hydroxylation sites is 1. The van der Waals surface area contributed by atoms with Crippen molar-refractivity contribution in [3.63, 3.8) is 0 Å². The second-order valence-corrected chi connectivity index (χ2v) is 5.21. The second-order valence-electron chi connectivity index (χ2n) is 5.21. The molecule has 0 saturated carbocycles. The number of rotatable bonds is 5. The first kappa shape index (κ1) is 14.6. The summed E-state index contributed by atoms with van der Waals surface area (Å²) in [5, 5.41) is 4.68. The van der Waals surface area contributed by atoms with Gasteiger partial charge in [0.1, 0.15) is 5.82 Å². The third-order valence-electron chi connectivity index (χ3n) is 3.95. The van der Waals surface area contributed by atoms with Crippen molar-refractivity contribution in [2.24, 2.45) is 5.73 Å². The minimum absolute atomic E-state index is 0.443. The van der Waals surface area contributed by atoms with Crippen molar-refractivity contribution >= 4 is 5.82 Å². The largest absolute Gasteiger partial charge is 0.357 e. The van der Waals surface area contributed by atoms with Gasteiger partial charge in [0.2, 0.25) is 0 Å². The van der Waals surface area contributed by atoms with Crippen LogP contribution in [-0.4, -0.2) is 22.9 Å². The van der Waals surface area contributed by atoms with Gasteiger partial charge in [-0.3, -0.25) is 0 Å². The Balaban J connectivity index is 2.58. The summed E-state index contributed by atoms with van der Waals surface area (Å²) >= 11 is 0. The Morgan fingerprint density at radius 2 is 1.95 bits per heavy atom. The molecular formula is C16H24N4. The lowest BCUT2D eigenvalue weighted by atomic mass is 10.2. The Bertz CT molecular complexity index is 559. The first-order valence-electron chi connectivity index (χ1n) is 7.17. The second kappa shape index (κ2) is 6.09. The summed E-state index contributed by atoms with van der Waals surface area (Å²) in [5.41, 5.74) is 9.14. The zero-order valence-electron chi connectivity index (χ0n) is 12.8. The molecule has 0 amide bonds. The molecule has 1 aromatic carbocycles. The fourth-order valence-electron chi connectivity index (χ4n) is 2.38. The van der Waals surface area contributed by atoms with Crippen molar-refractivity contribution in [2.75, 3.05) is 11.9 Å². The van der Waals surface area contributed by atoms with Crippen LogP contribution < -0.4 is 10.6 Å². The van der Waals surface area contributed by atoms with E-state index in [0.29, 0.717) is 12.6 Å². The molecule has 108 valence electrons. The van der Waals surface area contributed by atoms with E-state index >= 15 is 0 Å². The maximum absolute atomic E-state index is 5.94. The smallest absolute Gasteiger partial charge is 0.137 e. The lowest BCUT2D eigenvalue weighted by molar-refractivity contribution is 0.642. The van der Waals surface area contributed by atoms with Gasteiger partial charge in [-0.25, -0.2) is 4.68 Å². The summed E-state index contributed by atoms with van der Waals surface area (Å²) < 4.78 is 2.00. The summed E-state index contributed by atoms with van der Waals surface area (Å²) in [7, 11) is 2.11. The van der Waals surface area contributed by atoms with E-state index in [1.54, 1.807) is 0 Å². The molecule has 1 unspecified atom stereocenters. The molecule has 0 aliphatic heterocycles. The third-order valence-corrected chi connectivity index (χ3v) is 3.95. The number of hydrogen-bond donors (Lipinski definition) is 1. The first-order chi connectivity index (χ1) is 9.60. The number of anilines is 1. The SMILES string of the molecule is CCC(C)N(C)c1c(CN)c(C)nn1-c1ccccc1. The molecule has 0 aliphatic carbocycles. The summed E-state index contributed by atoms with van der Waals surface area (Å²) in [5.74, 6) is 1.10. The Kier molecular flexibility index (Phi) is 4.45. The van der Waals surface area contributed by atoms with Crippen LogP contribution in [0.2, 0.25) is 0 Å². The van der Waals surface area contributed by atoms with Crippen LogP contribution in [0.25, 0.3) is 5.69 Å². The molecule has 0 aliphatic rings. The first-order valence-corrected chi connectivity index (χ1v) is 7.17. The van der Waals surface area contributed by atoms with Crippen LogP contribution >= 0.6 is 0 Å². The lowest BCUT2D eigenvalue weighted by Gasteiger charge is -2.27. The predicted molar refractivity (Wildman–Crippen MR) is 84.3 cm³/mol. The fourth-order valence-corrected chi connectivity index (χ4v) is 2.38. The highest BCUT2D eigenvalue weighted by Crippen LogP contribution is 2.28. The highest BCUT2D eigenvalue weighted by molar-refractivity contribution is 5.55. The summed E-state index contributed by atoms with van der Waals surface area (Å²) in [6, 6.07) is 10.7. The van der Waals surface area contributed by atoms with Crippen molar-refractivity contribution in [1.29, 1.82) is 0 Å². The molecule has 1 aromatic heterocycles. The number of aryl methyl sites for hydroxylation is 1. The van der Waals surface area contributed by atoms with Gasteiger partial charge in [0.15, 0.2) is 0 Å². The van der Waals surface area contributed by atoms with Crippen molar-refractivity contribution in [3.8, 4) is 5.69 Å². The van der Waals surface area contributed by atoms with E-state index in [4.69, 9.17) is 5.73 Å². The minimum Gasteiger partial charge on any atom is -0.357 e. The minimum atomic E-state index is 0.443. The molecule has 2 N–H and O–H groups in total. The molecule has 4 nitrogen and oxygen atoms in total. The monoisotopic (exact) mass is 272 g/mol. The Morgan fingerprint density at radius 1 is 1.30 bits per heavy atom. The van der Waals surface area contributed by atoms with Crippen molar-refractivity contribution in [3.05, 3.63) is 41.6 Å². The van der Waals surface area contributed by atoms with E-state index in [2.05, 4.69) is 43.0 Å². The van der Waals surface area contributed by atoms with Crippen LogP contribution in [-0.2, 0) is 6.54 Å². The van der Waals surface area contributed by atoms with Gasteiger partial charge in [0, 0.05) is 25.2 Å². The Labute approximate surface area is 121 Å². The molecule has 2 rings (SSSR count). The number of nitrogens with zero attached hydrogens (tertiary/aromatic N) is 3. The van der Waals surface area contributed by atoms with Crippen molar-refractivity contribution in [2.45, 2.75) is 39.8 Å². The normalized spacial score (nSPS) is 12.4. The molecule has 0 fully saturated rings. The van der Waals surface area contributed by atoms with Crippen molar-refractivity contribution in [1.82, 2.24) is 9.78 Å². The molecular weight excluding hydrogens is 248 g/mol. The quantitative estimate of drug-likeness (QED) is 0.910. The molecule has 20 heavy (non-hydrogen) atoms. The van der Waals surface area contributed by atoms with Crippen LogP contribution in [0.1, 0.15) is 31.5 Å². The van der Waals surface area contributed by atoms with Crippen LogP contribution in [0.5, 0.6) is 0 Å². The van der Waals surface area contributed by atoms with Gasteiger partial charge in [0.25, 0.3) is 0 Å². The van der Waals surface area contributed by atoms with Gasteiger partial charge in [-0.05, 0) is 32.4 Å². The van der Waals surface area contributed by atoms with Crippen LogP contribution in [0.4, 0.5) is 5.82 Å². The Hall–Kier alpha value is -1.81. The van der Waals surface area contributed by atoms with E-state index in [9.17, 15) is 0 Å². The van der Waals surface area contributed by atoms with E-state index < -0.39 is 0 Å². The maximum Gasteiger partial charge on any atom is 0.137 e.